The number of ether oxygens (including phenoxy) is 1. The molecule has 1 fully saturated rings. The van der Waals surface area contributed by atoms with E-state index in [-0.39, 0.29) is 54.7 Å². The Labute approximate surface area is 246 Å². The Kier molecular flexibility index (Phi) is 10.8. The summed E-state index contributed by atoms with van der Waals surface area (Å²) in [4.78, 5) is 25.3. The molecule has 0 unspecified atom stereocenters. The third-order valence-electron chi connectivity index (χ3n) is 6.92. The van der Waals surface area contributed by atoms with Crippen molar-refractivity contribution in [1.29, 1.82) is 0 Å². The van der Waals surface area contributed by atoms with Gasteiger partial charge in [0.15, 0.2) is 0 Å². The van der Waals surface area contributed by atoms with E-state index in [1.54, 1.807) is 6.07 Å². The standard InChI is InChI=1S/C30H34FN3O4.HI/c1-34(2)16-14-24(15-17-34)38-30(37)33-28-19-21(8-11-25(28)23-6-4-3-5-7-23)10-13-29(36)32-27-12-9-22(20-35)18-26(27)31;/h3-9,11-12,18-19,24,35H,10,13-17,20H2,1-2H3,(H-,32,33,36,37);1H. The van der Waals surface area contributed by atoms with Gasteiger partial charge in [-0.3, -0.25) is 10.1 Å². The number of aliphatic hydroxyl groups is 1. The van der Waals surface area contributed by atoms with Crippen molar-refractivity contribution in [2.75, 3.05) is 37.8 Å². The highest BCUT2D eigenvalue weighted by molar-refractivity contribution is 5.92. The number of amides is 2. The number of benzene rings is 3. The predicted molar refractivity (Wildman–Crippen MR) is 146 cm³/mol. The van der Waals surface area contributed by atoms with Crippen molar-refractivity contribution < 1.29 is 52.3 Å². The van der Waals surface area contributed by atoms with E-state index in [1.165, 1.54) is 12.1 Å². The zero-order valence-electron chi connectivity index (χ0n) is 22.3. The van der Waals surface area contributed by atoms with Crippen LogP contribution in [0.3, 0.4) is 0 Å². The Balaban J connectivity index is 0.00000420. The van der Waals surface area contributed by atoms with Gasteiger partial charge in [0.25, 0.3) is 0 Å². The van der Waals surface area contributed by atoms with Crippen LogP contribution < -0.4 is 34.6 Å². The molecule has 1 saturated heterocycles. The molecule has 9 heteroatoms. The van der Waals surface area contributed by atoms with E-state index in [9.17, 15) is 14.0 Å². The van der Waals surface area contributed by atoms with Gasteiger partial charge in [0.2, 0.25) is 5.91 Å². The molecular formula is C30H35FIN3O4. The van der Waals surface area contributed by atoms with Crippen molar-refractivity contribution >= 4 is 23.4 Å². The van der Waals surface area contributed by atoms with Crippen molar-refractivity contribution in [3.63, 3.8) is 0 Å². The summed E-state index contributed by atoms with van der Waals surface area (Å²) in [5, 5.41) is 14.6. The maximum Gasteiger partial charge on any atom is 0.411 e. The molecule has 1 aliphatic rings. The molecule has 0 atom stereocenters. The Morgan fingerprint density at radius 2 is 1.64 bits per heavy atom. The Hall–Kier alpha value is -3.02. The van der Waals surface area contributed by atoms with Gasteiger partial charge in [-0.2, -0.15) is 0 Å². The summed E-state index contributed by atoms with van der Waals surface area (Å²) in [6, 6.07) is 19.6. The molecule has 1 heterocycles. The molecule has 0 radical (unpaired) electrons. The summed E-state index contributed by atoms with van der Waals surface area (Å²) in [6.45, 7) is 1.65. The number of aliphatic hydroxyl groups excluding tert-OH is 1. The predicted octanol–water partition coefficient (Wildman–Crippen LogP) is 2.35. The number of quaternary nitrogens is 1. The number of halogens is 2. The first-order valence-electron chi connectivity index (χ1n) is 12.9. The second kappa shape index (κ2) is 13.9. The van der Waals surface area contributed by atoms with E-state index < -0.39 is 11.9 Å². The average molecular weight is 648 g/mol. The lowest BCUT2D eigenvalue weighted by molar-refractivity contribution is -0.896. The van der Waals surface area contributed by atoms with Crippen molar-refractivity contribution in [2.45, 2.75) is 38.4 Å². The highest BCUT2D eigenvalue weighted by Crippen LogP contribution is 2.30. The zero-order chi connectivity index (χ0) is 27.1. The molecule has 0 aliphatic carbocycles. The maximum absolute atomic E-state index is 14.2. The molecule has 0 spiro atoms. The molecule has 0 saturated carbocycles. The van der Waals surface area contributed by atoms with Gasteiger partial charge in [-0.15, -0.1) is 0 Å². The third-order valence-corrected chi connectivity index (χ3v) is 6.92. The number of aryl methyl sites for hydroxylation is 1. The highest BCUT2D eigenvalue weighted by Gasteiger charge is 2.28. The monoisotopic (exact) mass is 647 g/mol. The van der Waals surface area contributed by atoms with Crippen molar-refractivity contribution in [2.24, 2.45) is 0 Å². The molecule has 0 aromatic heterocycles. The topological polar surface area (TPSA) is 87.7 Å². The number of likely N-dealkylation sites (tertiary alicyclic amines) is 1. The largest absolute Gasteiger partial charge is 1.00 e. The number of nitrogens with one attached hydrogen (secondary N) is 2. The summed E-state index contributed by atoms with van der Waals surface area (Å²) < 4.78 is 20.8. The first kappa shape index (κ1) is 30.5. The fraction of sp³-hybridized carbons (Fsp3) is 0.333. The van der Waals surface area contributed by atoms with Gasteiger partial charge in [-0.25, -0.2) is 9.18 Å². The van der Waals surface area contributed by atoms with Gasteiger partial charge in [0, 0.05) is 24.8 Å². The number of anilines is 2. The van der Waals surface area contributed by atoms with Crippen molar-refractivity contribution in [3.8, 4) is 11.1 Å². The third kappa shape index (κ3) is 8.74. The molecule has 2 amide bonds. The zero-order valence-corrected chi connectivity index (χ0v) is 24.4. The maximum atomic E-state index is 14.2. The second-order valence-corrected chi connectivity index (χ2v) is 10.4. The lowest BCUT2D eigenvalue weighted by Gasteiger charge is -2.36. The number of rotatable bonds is 8. The molecule has 3 aromatic rings. The molecule has 3 N–H and O–H groups in total. The molecule has 0 bridgehead atoms. The highest BCUT2D eigenvalue weighted by atomic mass is 127. The smallest absolute Gasteiger partial charge is 0.411 e. The first-order chi connectivity index (χ1) is 18.2. The van der Waals surface area contributed by atoms with E-state index in [0.717, 1.165) is 47.1 Å². The van der Waals surface area contributed by atoms with Crippen LogP contribution in [0.5, 0.6) is 0 Å². The molecule has 39 heavy (non-hydrogen) atoms. The summed E-state index contributed by atoms with van der Waals surface area (Å²) in [5.74, 6) is -0.928. The van der Waals surface area contributed by atoms with Gasteiger partial charge < -0.3 is 43.6 Å². The van der Waals surface area contributed by atoms with Gasteiger partial charge in [-0.1, -0.05) is 48.5 Å². The van der Waals surface area contributed by atoms with Gasteiger partial charge in [0.05, 0.1) is 45.2 Å². The summed E-state index contributed by atoms with van der Waals surface area (Å²) in [6.07, 6.45) is 1.58. The minimum atomic E-state index is -0.595. The van der Waals surface area contributed by atoms with E-state index in [4.69, 9.17) is 9.84 Å². The van der Waals surface area contributed by atoms with Crippen LogP contribution in [0, 0.1) is 5.82 Å². The van der Waals surface area contributed by atoms with Gasteiger partial charge in [-0.05, 0) is 41.3 Å². The van der Waals surface area contributed by atoms with Crippen LogP contribution >= 0.6 is 0 Å². The number of carbonyl (C=O) groups is 2. The SMILES string of the molecule is C[N+]1(C)CCC(OC(=O)Nc2cc(CCC(=O)Nc3ccc(CO)cc3F)ccc2-c2ccccc2)CC1.[I-]. The van der Waals surface area contributed by atoms with Crippen molar-refractivity contribution in [3.05, 3.63) is 83.7 Å². The summed E-state index contributed by atoms with van der Waals surface area (Å²) in [7, 11) is 4.36. The molecule has 7 nitrogen and oxygen atoms in total. The molecule has 3 aromatic carbocycles. The molecule has 208 valence electrons. The van der Waals surface area contributed by atoms with E-state index in [1.807, 2.05) is 48.5 Å². The van der Waals surface area contributed by atoms with E-state index in [2.05, 4.69) is 24.7 Å². The lowest BCUT2D eigenvalue weighted by Crippen LogP contribution is -3.00. The van der Waals surface area contributed by atoms with E-state index in [0.29, 0.717) is 17.7 Å². The van der Waals surface area contributed by atoms with E-state index >= 15 is 0 Å². The average Bonchev–Trinajstić information content (AvgIpc) is 2.90. The summed E-state index contributed by atoms with van der Waals surface area (Å²) in [5.41, 5.74) is 3.76. The van der Waals surface area contributed by atoms with Gasteiger partial charge in [0.1, 0.15) is 11.9 Å². The number of carbonyl (C=O) groups excluding carboxylic acids is 2. The van der Waals surface area contributed by atoms with Crippen LogP contribution in [0.25, 0.3) is 11.1 Å². The number of nitrogens with zero attached hydrogens (tertiary/aromatic N) is 1. The Morgan fingerprint density at radius 3 is 2.31 bits per heavy atom. The normalized spacial score (nSPS) is 14.7. The van der Waals surface area contributed by atoms with Crippen molar-refractivity contribution in [1.82, 2.24) is 0 Å². The number of hydrogen-bond donors (Lipinski definition) is 3. The molecule has 4 rings (SSSR count). The molecular weight excluding hydrogens is 612 g/mol. The van der Waals surface area contributed by atoms with Crippen LogP contribution in [0.4, 0.5) is 20.6 Å². The fourth-order valence-corrected chi connectivity index (χ4v) is 4.60. The van der Waals surface area contributed by atoms with Crippen LogP contribution in [0.1, 0.15) is 30.4 Å². The second-order valence-electron chi connectivity index (χ2n) is 10.4. The quantitative estimate of drug-likeness (QED) is 0.259. The summed E-state index contributed by atoms with van der Waals surface area (Å²) >= 11 is 0. The first-order valence-corrected chi connectivity index (χ1v) is 12.9. The van der Waals surface area contributed by atoms with Crippen LogP contribution in [0.15, 0.2) is 66.7 Å². The Morgan fingerprint density at radius 1 is 0.949 bits per heavy atom. The van der Waals surface area contributed by atoms with Crippen LogP contribution in [-0.4, -0.2) is 54.9 Å². The Bertz CT molecular complexity index is 1280. The van der Waals surface area contributed by atoms with Gasteiger partial charge >= 0.3 is 6.09 Å². The minimum Gasteiger partial charge on any atom is -1.00 e. The molecule has 1 aliphatic heterocycles. The fourth-order valence-electron chi connectivity index (χ4n) is 4.60. The number of hydrogen-bond acceptors (Lipinski definition) is 4. The lowest BCUT2D eigenvalue weighted by atomic mass is 9.99. The number of piperidine rings is 1. The van der Waals surface area contributed by atoms with Crippen LogP contribution in [0.2, 0.25) is 0 Å². The van der Waals surface area contributed by atoms with Crippen LogP contribution in [-0.2, 0) is 22.6 Å². The minimum absolute atomic E-state index is 0.